The molecule has 2 aliphatic rings. The molecule has 2 aromatic heterocycles. The van der Waals surface area contributed by atoms with Gasteiger partial charge in [0.2, 0.25) is 17.8 Å². The van der Waals surface area contributed by atoms with E-state index in [0.717, 1.165) is 21.7 Å². The molecule has 3 aromatic rings. The van der Waals surface area contributed by atoms with Crippen molar-refractivity contribution in [2.75, 3.05) is 50.8 Å². The molecule has 0 aliphatic carbocycles. The number of hydrogen-bond donors (Lipinski definition) is 4. The van der Waals surface area contributed by atoms with Gasteiger partial charge in [-0.05, 0) is 30.4 Å². The number of aromatic nitrogens is 3. The second kappa shape index (κ2) is 16.1. The van der Waals surface area contributed by atoms with E-state index in [-0.39, 0.29) is 37.2 Å². The van der Waals surface area contributed by atoms with Crippen LogP contribution < -0.4 is 20.3 Å². The average molecular weight is 723 g/mol. The number of ether oxygens (including phenoxy) is 1. The number of carboxylic acids is 1. The van der Waals surface area contributed by atoms with E-state index in [1.165, 1.54) is 17.3 Å². The molecule has 4 N–H and O–H groups in total. The number of carbonyl (C=O) groups excluding carboxylic acids is 3. The van der Waals surface area contributed by atoms with Crippen LogP contribution in [0.4, 0.5) is 5.95 Å². The number of nitrogens with one attached hydrogen (secondary N) is 2. The molecule has 4 heterocycles. The summed E-state index contributed by atoms with van der Waals surface area (Å²) in [5.41, 5.74) is 3.97. The zero-order valence-corrected chi connectivity index (χ0v) is 30.4. The van der Waals surface area contributed by atoms with E-state index in [0.29, 0.717) is 32.1 Å². The Morgan fingerprint density at radius 2 is 1.69 bits per heavy atom. The van der Waals surface area contributed by atoms with Crippen molar-refractivity contribution in [1.82, 2.24) is 35.4 Å². The highest BCUT2D eigenvalue weighted by atomic mass is 32.1. The number of thiazole rings is 1. The van der Waals surface area contributed by atoms with Crippen LogP contribution >= 0.6 is 11.3 Å². The summed E-state index contributed by atoms with van der Waals surface area (Å²) in [6.45, 7) is 11.1. The van der Waals surface area contributed by atoms with Gasteiger partial charge in [0.05, 0.1) is 47.2 Å². The van der Waals surface area contributed by atoms with E-state index in [2.05, 4.69) is 25.6 Å². The smallest absolute Gasteiger partial charge is 0.317 e. The van der Waals surface area contributed by atoms with Gasteiger partial charge < -0.3 is 35.4 Å². The first-order valence-corrected chi connectivity index (χ1v) is 17.8. The van der Waals surface area contributed by atoms with E-state index in [1.807, 2.05) is 74.2 Å². The molecular weight excluding hydrogens is 677 g/mol. The molecule has 5 rings (SSSR count). The summed E-state index contributed by atoms with van der Waals surface area (Å²) in [4.78, 5) is 70.8. The fraction of sp³-hybridized carbons (Fsp3) is 0.514. The van der Waals surface area contributed by atoms with E-state index in [9.17, 15) is 24.3 Å². The van der Waals surface area contributed by atoms with Crippen LogP contribution in [0.25, 0.3) is 10.4 Å². The lowest BCUT2D eigenvalue weighted by molar-refractivity contribution is -0.144. The Bertz CT molecular complexity index is 1690. The van der Waals surface area contributed by atoms with Crippen molar-refractivity contribution in [2.45, 2.75) is 65.3 Å². The molecule has 0 saturated carbocycles. The number of hydrogen-bond acceptors (Lipinski definition) is 12. The predicted octanol–water partition coefficient (Wildman–Crippen LogP) is 1.86. The number of benzene rings is 1. The first-order valence-electron chi connectivity index (χ1n) is 16.9. The summed E-state index contributed by atoms with van der Waals surface area (Å²) in [6, 6.07) is 5.61. The number of aliphatic hydroxyl groups excluding tert-OH is 1. The first kappa shape index (κ1) is 37.6. The topological polar surface area (TPSA) is 190 Å². The minimum atomic E-state index is -1.01. The molecule has 0 spiro atoms. The molecule has 16 heteroatoms. The third kappa shape index (κ3) is 9.56. The molecule has 2 saturated heterocycles. The minimum Gasteiger partial charge on any atom is -0.481 e. The number of aliphatic hydroxyl groups is 1. The Kier molecular flexibility index (Phi) is 11.9. The van der Waals surface area contributed by atoms with Crippen LogP contribution in [0.2, 0.25) is 0 Å². The maximum absolute atomic E-state index is 14.0. The molecule has 274 valence electrons. The maximum Gasteiger partial charge on any atom is 0.317 e. The Morgan fingerprint density at radius 3 is 2.27 bits per heavy atom. The van der Waals surface area contributed by atoms with Crippen molar-refractivity contribution in [3.05, 3.63) is 53.4 Å². The standard InChI is InChI=1S/C35H46N8O7S/c1-21(23-6-8-24(9-7-23)30-22(2)38-20-51-30)39-32(48)27-14-25(44)17-43(27)33(49)31(35(3,4)5)40-28(45)19-50-26-15-36-34(37-16-26)42-12-10-41(11-13-42)18-29(46)47/h6-9,15-16,20-21,25,27,31,44H,10-14,17-19H2,1-5H3,(H,39,48)(H,40,45)(H,46,47)/t21-,25+,27-,31+/m0/s1. The summed E-state index contributed by atoms with van der Waals surface area (Å²) < 4.78 is 5.63. The second-order valence-electron chi connectivity index (χ2n) is 14.0. The van der Waals surface area contributed by atoms with E-state index < -0.39 is 48.0 Å². The highest BCUT2D eigenvalue weighted by Gasteiger charge is 2.44. The Labute approximate surface area is 301 Å². The fourth-order valence-corrected chi connectivity index (χ4v) is 7.02. The number of carboxylic acid groups (broad SMARTS) is 1. The van der Waals surface area contributed by atoms with Gasteiger partial charge in [0.25, 0.3) is 5.91 Å². The van der Waals surface area contributed by atoms with E-state index in [1.54, 1.807) is 11.3 Å². The second-order valence-corrected chi connectivity index (χ2v) is 14.9. The molecule has 2 fully saturated rings. The largest absolute Gasteiger partial charge is 0.481 e. The molecule has 0 unspecified atom stereocenters. The first-order chi connectivity index (χ1) is 24.2. The van der Waals surface area contributed by atoms with Crippen LogP contribution in [0.1, 0.15) is 51.4 Å². The van der Waals surface area contributed by atoms with Crippen molar-refractivity contribution < 1.29 is 34.1 Å². The summed E-state index contributed by atoms with van der Waals surface area (Å²) in [6.07, 6.45) is 2.10. The molecule has 2 aliphatic heterocycles. The Balaban J connectivity index is 1.16. The van der Waals surface area contributed by atoms with Crippen LogP contribution in [0.3, 0.4) is 0 Å². The van der Waals surface area contributed by atoms with Crippen LogP contribution in [0, 0.1) is 12.3 Å². The van der Waals surface area contributed by atoms with Crippen LogP contribution in [-0.4, -0.2) is 123 Å². The highest BCUT2D eigenvalue weighted by molar-refractivity contribution is 7.13. The van der Waals surface area contributed by atoms with Gasteiger partial charge >= 0.3 is 5.97 Å². The number of carbonyl (C=O) groups is 4. The lowest BCUT2D eigenvalue weighted by Gasteiger charge is -2.35. The number of β-amino-alcohol motifs (C(OH)–C–C–N with tert-alkyl or cyclic N) is 1. The van der Waals surface area contributed by atoms with Gasteiger partial charge in [0.15, 0.2) is 12.4 Å². The maximum atomic E-state index is 14.0. The number of rotatable bonds is 12. The number of aryl methyl sites for hydroxylation is 1. The molecule has 15 nitrogen and oxygen atoms in total. The van der Waals surface area contributed by atoms with E-state index >= 15 is 0 Å². The van der Waals surface area contributed by atoms with Crippen molar-refractivity contribution in [2.24, 2.45) is 5.41 Å². The number of piperazine rings is 1. The quantitative estimate of drug-likeness (QED) is 0.213. The molecule has 51 heavy (non-hydrogen) atoms. The number of likely N-dealkylation sites (tertiary alicyclic amines) is 1. The monoisotopic (exact) mass is 722 g/mol. The van der Waals surface area contributed by atoms with Gasteiger partial charge in [0.1, 0.15) is 12.1 Å². The number of anilines is 1. The van der Waals surface area contributed by atoms with Gasteiger partial charge in [-0.3, -0.25) is 24.1 Å². The van der Waals surface area contributed by atoms with Crippen LogP contribution in [0.15, 0.2) is 42.2 Å². The van der Waals surface area contributed by atoms with Gasteiger partial charge in [-0.15, -0.1) is 11.3 Å². The summed E-state index contributed by atoms with van der Waals surface area (Å²) in [5, 5.41) is 25.3. The van der Waals surface area contributed by atoms with Crippen molar-refractivity contribution in [3.8, 4) is 16.2 Å². The SMILES string of the molecule is Cc1ncsc1-c1ccc([C@H](C)NC(=O)[C@@H]2C[C@@H](O)CN2C(=O)[C@@H](NC(=O)COc2cnc(N3CCN(CC(=O)O)CC3)nc2)C(C)(C)C)cc1. The van der Waals surface area contributed by atoms with Gasteiger partial charge in [-0.2, -0.15) is 0 Å². The average Bonchev–Trinajstić information content (AvgIpc) is 3.71. The molecule has 4 atom stereocenters. The highest BCUT2D eigenvalue weighted by Crippen LogP contribution is 2.29. The van der Waals surface area contributed by atoms with Crippen molar-refractivity contribution >= 4 is 41.0 Å². The third-order valence-electron chi connectivity index (χ3n) is 9.06. The molecular formula is C35H46N8O7S. The normalized spacial score (nSPS) is 19.3. The summed E-state index contributed by atoms with van der Waals surface area (Å²) >= 11 is 1.57. The van der Waals surface area contributed by atoms with Crippen molar-refractivity contribution in [3.63, 3.8) is 0 Å². The van der Waals surface area contributed by atoms with Gasteiger partial charge in [-0.1, -0.05) is 45.0 Å². The lowest BCUT2D eigenvalue weighted by atomic mass is 9.85. The van der Waals surface area contributed by atoms with E-state index in [4.69, 9.17) is 9.84 Å². The molecule has 0 bridgehead atoms. The zero-order chi connectivity index (χ0) is 36.9. The van der Waals surface area contributed by atoms with Crippen LogP contribution in [0.5, 0.6) is 5.75 Å². The zero-order valence-electron chi connectivity index (χ0n) is 29.5. The number of amides is 3. The lowest BCUT2D eigenvalue weighted by Crippen LogP contribution is -2.58. The fourth-order valence-electron chi connectivity index (χ4n) is 6.21. The Morgan fingerprint density at radius 1 is 1.02 bits per heavy atom. The van der Waals surface area contributed by atoms with Gasteiger partial charge in [-0.25, -0.2) is 15.0 Å². The molecule has 3 amide bonds. The molecule has 0 radical (unpaired) electrons. The van der Waals surface area contributed by atoms with Crippen molar-refractivity contribution in [1.29, 1.82) is 0 Å². The predicted molar refractivity (Wildman–Crippen MR) is 190 cm³/mol. The number of nitrogens with zero attached hydrogens (tertiary/aromatic N) is 6. The molecule has 1 aromatic carbocycles. The number of aliphatic carboxylic acids is 1. The van der Waals surface area contributed by atoms with Crippen LogP contribution in [-0.2, 0) is 19.2 Å². The van der Waals surface area contributed by atoms with Gasteiger partial charge in [0, 0.05) is 39.1 Å². The minimum absolute atomic E-state index is 0.00868. The third-order valence-corrected chi connectivity index (χ3v) is 10.0. The Hall–Kier alpha value is -4.67. The summed E-state index contributed by atoms with van der Waals surface area (Å²) in [7, 11) is 0. The summed E-state index contributed by atoms with van der Waals surface area (Å²) in [5.74, 6) is -1.53.